The van der Waals surface area contributed by atoms with Gasteiger partial charge in [0, 0.05) is 18.6 Å². The van der Waals surface area contributed by atoms with Crippen LogP contribution in [0.4, 0.5) is 4.39 Å². The summed E-state index contributed by atoms with van der Waals surface area (Å²) in [6, 6.07) is 0. The van der Waals surface area contributed by atoms with Crippen LogP contribution in [-0.2, 0) is 0 Å². The van der Waals surface area contributed by atoms with Gasteiger partial charge in [-0.25, -0.2) is 4.39 Å². The molecule has 2 nitrogen and oxygen atoms in total. The SMILES string of the molecule is CC(C)(C)N1CCC(F)(CO)C1. The van der Waals surface area contributed by atoms with Gasteiger partial charge in [0.15, 0.2) is 0 Å². The van der Waals surface area contributed by atoms with E-state index < -0.39 is 5.67 Å². The lowest BCUT2D eigenvalue weighted by Crippen LogP contribution is -2.42. The second-order valence-corrected chi connectivity index (χ2v) is 4.65. The van der Waals surface area contributed by atoms with E-state index in [9.17, 15) is 4.39 Å². The number of alkyl halides is 1. The lowest BCUT2D eigenvalue weighted by atomic mass is 10.1. The maximum atomic E-state index is 13.5. The Morgan fingerprint density at radius 2 is 2.08 bits per heavy atom. The van der Waals surface area contributed by atoms with Crippen molar-refractivity contribution in [1.29, 1.82) is 0 Å². The van der Waals surface area contributed by atoms with Gasteiger partial charge in [0.25, 0.3) is 0 Å². The predicted molar refractivity (Wildman–Crippen MR) is 46.9 cm³/mol. The summed E-state index contributed by atoms with van der Waals surface area (Å²) in [6.07, 6.45) is 0.459. The van der Waals surface area contributed by atoms with Crippen LogP contribution in [0.25, 0.3) is 0 Å². The average molecular weight is 175 g/mol. The standard InChI is InChI=1S/C9H18FNO/c1-8(2,3)11-5-4-9(10,6-11)7-12/h12H,4-7H2,1-3H3. The van der Waals surface area contributed by atoms with Crippen molar-refractivity contribution in [1.82, 2.24) is 4.90 Å². The zero-order valence-electron chi connectivity index (χ0n) is 8.10. The highest BCUT2D eigenvalue weighted by Crippen LogP contribution is 2.29. The van der Waals surface area contributed by atoms with Crippen LogP contribution in [0.1, 0.15) is 27.2 Å². The third-order valence-electron chi connectivity index (χ3n) is 2.54. The van der Waals surface area contributed by atoms with Crippen molar-refractivity contribution < 1.29 is 9.50 Å². The number of hydrogen-bond donors (Lipinski definition) is 1. The molecule has 0 aromatic carbocycles. The van der Waals surface area contributed by atoms with Gasteiger partial charge in [-0.3, -0.25) is 4.90 Å². The van der Waals surface area contributed by atoms with Crippen LogP contribution < -0.4 is 0 Å². The van der Waals surface area contributed by atoms with Crippen molar-refractivity contribution in [3.05, 3.63) is 0 Å². The van der Waals surface area contributed by atoms with E-state index in [0.29, 0.717) is 13.0 Å². The molecule has 0 aromatic heterocycles. The molecule has 1 aliphatic rings. The number of hydrogen-bond acceptors (Lipinski definition) is 2. The number of nitrogens with zero attached hydrogens (tertiary/aromatic N) is 1. The van der Waals surface area contributed by atoms with Crippen molar-refractivity contribution in [3.63, 3.8) is 0 Å². The number of aliphatic hydroxyl groups excluding tert-OH is 1. The van der Waals surface area contributed by atoms with Crippen LogP contribution in [0.5, 0.6) is 0 Å². The maximum Gasteiger partial charge on any atom is 0.147 e. The Balaban J connectivity index is 2.57. The zero-order valence-corrected chi connectivity index (χ0v) is 8.10. The lowest BCUT2D eigenvalue weighted by Gasteiger charge is -2.32. The van der Waals surface area contributed by atoms with Gasteiger partial charge in [-0.2, -0.15) is 0 Å². The topological polar surface area (TPSA) is 23.5 Å². The van der Waals surface area contributed by atoms with Crippen LogP contribution in [0.15, 0.2) is 0 Å². The number of halogens is 1. The molecule has 1 N–H and O–H groups in total. The molecule has 1 rings (SSSR count). The maximum absolute atomic E-state index is 13.5. The van der Waals surface area contributed by atoms with Gasteiger partial charge in [0.1, 0.15) is 5.67 Å². The van der Waals surface area contributed by atoms with Crippen LogP contribution in [0, 0.1) is 0 Å². The summed E-state index contributed by atoms with van der Waals surface area (Å²) in [6.45, 7) is 6.97. The molecule has 12 heavy (non-hydrogen) atoms. The van der Waals surface area contributed by atoms with E-state index in [1.807, 2.05) is 0 Å². The molecule has 1 aliphatic heterocycles. The Hall–Kier alpha value is -0.150. The Bertz CT molecular complexity index is 166. The predicted octanol–water partition coefficient (Wildman–Crippen LogP) is 1.19. The second-order valence-electron chi connectivity index (χ2n) is 4.65. The Kier molecular flexibility index (Phi) is 2.45. The first kappa shape index (κ1) is 9.93. The Labute approximate surface area is 73.4 Å². The molecule has 0 aromatic rings. The fourth-order valence-electron chi connectivity index (χ4n) is 1.54. The van der Waals surface area contributed by atoms with Crippen molar-refractivity contribution in [2.24, 2.45) is 0 Å². The number of likely N-dealkylation sites (tertiary alicyclic amines) is 1. The highest BCUT2D eigenvalue weighted by molar-refractivity contribution is 4.94. The summed E-state index contributed by atoms with van der Waals surface area (Å²) >= 11 is 0. The molecule has 0 saturated carbocycles. The van der Waals surface area contributed by atoms with E-state index in [4.69, 9.17) is 5.11 Å². The van der Waals surface area contributed by atoms with E-state index in [2.05, 4.69) is 25.7 Å². The minimum Gasteiger partial charge on any atom is -0.393 e. The molecule has 1 saturated heterocycles. The summed E-state index contributed by atoms with van der Waals surface area (Å²) in [5.41, 5.74) is -1.34. The summed E-state index contributed by atoms with van der Waals surface area (Å²) in [5.74, 6) is 0. The Morgan fingerprint density at radius 3 is 2.33 bits per heavy atom. The van der Waals surface area contributed by atoms with Gasteiger partial charge in [-0.15, -0.1) is 0 Å². The molecule has 1 atom stereocenters. The fourth-order valence-corrected chi connectivity index (χ4v) is 1.54. The third-order valence-corrected chi connectivity index (χ3v) is 2.54. The molecule has 1 unspecified atom stereocenters. The van der Waals surface area contributed by atoms with E-state index in [0.717, 1.165) is 6.54 Å². The molecule has 1 heterocycles. The normalized spacial score (nSPS) is 32.8. The molecule has 0 radical (unpaired) electrons. The summed E-state index contributed by atoms with van der Waals surface area (Å²) < 4.78 is 13.5. The number of aliphatic hydroxyl groups is 1. The van der Waals surface area contributed by atoms with Crippen LogP contribution in [-0.4, -0.2) is 40.9 Å². The van der Waals surface area contributed by atoms with Crippen molar-refractivity contribution in [3.8, 4) is 0 Å². The van der Waals surface area contributed by atoms with Gasteiger partial charge < -0.3 is 5.11 Å². The molecule has 0 amide bonds. The van der Waals surface area contributed by atoms with Gasteiger partial charge in [0.2, 0.25) is 0 Å². The molecule has 1 fully saturated rings. The smallest absolute Gasteiger partial charge is 0.147 e. The quantitative estimate of drug-likeness (QED) is 0.647. The number of rotatable bonds is 1. The fraction of sp³-hybridized carbons (Fsp3) is 1.00. The van der Waals surface area contributed by atoms with Crippen molar-refractivity contribution >= 4 is 0 Å². The van der Waals surface area contributed by atoms with Crippen LogP contribution in [0.3, 0.4) is 0 Å². The van der Waals surface area contributed by atoms with Gasteiger partial charge in [-0.1, -0.05) is 0 Å². The van der Waals surface area contributed by atoms with E-state index >= 15 is 0 Å². The lowest BCUT2D eigenvalue weighted by molar-refractivity contribution is 0.0623. The van der Waals surface area contributed by atoms with E-state index in [-0.39, 0.29) is 12.1 Å². The molecular formula is C9H18FNO. The van der Waals surface area contributed by atoms with E-state index in [1.165, 1.54) is 0 Å². The highest BCUT2D eigenvalue weighted by atomic mass is 19.1. The molecule has 3 heteroatoms. The van der Waals surface area contributed by atoms with Gasteiger partial charge in [0.05, 0.1) is 6.61 Å². The molecule has 0 bridgehead atoms. The summed E-state index contributed by atoms with van der Waals surface area (Å²) in [7, 11) is 0. The zero-order chi connectivity index (χ0) is 9.41. The highest BCUT2D eigenvalue weighted by Gasteiger charge is 2.41. The Morgan fingerprint density at radius 1 is 1.50 bits per heavy atom. The molecular weight excluding hydrogens is 157 g/mol. The molecule has 0 spiro atoms. The average Bonchev–Trinajstić information content (AvgIpc) is 2.32. The van der Waals surface area contributed by atoms with E-state index in [1.54, 1.807) is 0 Å². The van der Waals surface area contributed by atoms with Gasteiger partial charge in [-0.05, 0) is 27.2 Å². The minimum absolute atomic E-state index is 0.0169. The molecule has 72 valence electrons. The summed E-state index contributed by atoms with van der Waals surface area (Å²) in [4.78, 5) is 2.07. The van der Waals surface area contributed by atoms with Crippen LogP contribution in [0.2, 0.25) is 0 Å². The first-order chi connectivity index (χ1) is 5.37. The second kappa shape index (κ2) is 2.96. The van der Waals surface area contributed by atoms with Crippen molar-refractivity contribution in [2.75, 3.05) is 19.7 Å². The monoisotopic (exact) mass is 175 g/mol. The largest absolute Gasteiger partial charge is 0.393 e. The molecule has 0 aliphatic carbocycles. The van der Waals surface area contributed by atoms with Crippen LogP contribution >= 0.6 is 0 Å². The van der Waals surface area contributed by atoms with Crippen molar-refractivity contribution in [2.45, 2.75) is 38.4 Å². The summed E-state index contributed by atoms with van der Waals surface area (Å²) in [5, 5.41) is 8.81. The first-order valence-electron chi connectivity index (χ1n) is 4.42. The van der Waals surface area contributed by atoms with Gasteiger partial charge >= 0.3 is 0 Å². The minimum atomic E-state index is -1.35. The third kappa shape index (κ3) is 1.96. The first-order valence-corrected chi connectivity index (χ1v) is 4.42.